The minimum atomic E-state index is -0.479. The molecule has 4 rings (SSSR count). The normalized spacial score (nSPS) is 26.9. The van der Waals surface area contributed by atoms with Gasteiger partial charge in [-0.1, -0.05) is 6.07 Å². The van der Waals surface area contributed by atoms with E-state index in [0.29, 0.717) is 24.2 Å². The Morgan fingerprint density at radius 2 is 1.66 bits per heavy atom. The van der Waals surface area contributed by atoms with Crippen LogP contribution in [0.4, 0.5) is 4.39 Å². The van der Waals surface area contributed by atoms with Crippen molar-refractivity contribution >= 4 is 0 Å². The summed E-state index contributed by atoms with van der Waals surface area (Å²) in [6, 6.07) is 12.2. The van der Waals surface area contributed by atoms with Gasteiger partial charge in [0.1, 0.15) is 30.0 Å². The summed E-state index contributed by atoms with van der Waals surface area (Å²) in [5.41, 5.74) is 2.52. The summed E-state index contributed by atoms with van der Waals surface area (Å²) in [7, 11) is 0. The van der Waals surface area contributed by atoms with Crippen LogP contribution in [-0.2, 0) is 0 Å². The van der Waals surface area contributed by atoms with Gasteiger partial charge in [0.2, 0.25) is 0 Å². The highest BCUT2D eigenvalue weighted by Crippen LogP contribution is 2.38. The number of nitrogens with zero attached hydrogens (tertiary/aromatic N) is 1. The first-order chi connectivity index (χ1) is 14.0. The number of rotatable bonds is 6. The summed E-state index contributed by atoms with van der Waals surface area (Å²) in [6.07, 6.45) is 0.879. The van der Waals surface area contributed by atoms with Crippen LogP contribution in [0.25, 0.3) is 0 Å². The lowest BCUT2D eigenvalue weighted by Gasteiger charge is -2.35. The van der Waals surface area contributed by atoms with Crippen molar-refractivity contribution in [3.05, 3.63) is 59.4 Å². The van der Waals surface area contributed by atoms with Gasteiger partial charge in [0.05, 0.1) is 6.10 Å². The number of fused-ring (bicyclic) bond motifs is 1. The van der Waals surface area contributed by atoms with E-state index < -0.39 is 6.10 Å². The molecule has 29 heavy (non-hydrogen) atoms. The average Bonchev–Trinajstić information content (AvgIpc) is 3.08. The molecular formula is C24H30FNO3. The molecular weight excluding hydrogens is 369 g/mol. The molecule has 1 saturated carbocycles. The Hall–Kier alpha value is -2.11. The van der Waals surface area contributed by atoms with E-state index in [9.17, 15) is 9.50 Å². The summed E-state index contributed by atoms with van der Waals surface area (Å²) in [5.74, 6) is 2.28. The van der Waals surface area contributed by atoms with E-state index in [1.807, 2.05) is 6.07 Å². The fourth-order valence-electron chi connectivity index (χ4n) is 4.58. The molecule has 5 heteroatoms. The summed E-state index contributed by atoms with van der Waals surface area (Å²) < 4.78 is 25.0. The third-order valence-corrected chi connectivity index (χ3v) is 6.42. The van der Waals surface area contributed by atoms with E-state index in [1.54, 1.807) is 12.1 Å². The Kier molecular flexibility index (Phi) is 6.07. The number of aliphatic hydroxyl groups is 1. The molecule has 4 nitrogen and oxygen atoms in total. The first-order valence-electron chi connectivity index (χ1n) is 10.5. The number of hydrogen-bond acceptors (Lipinski definition) is 4. The maximum Gasteiger partial charge on any atom is 0.125 e. The Morgan fingerprint density at radius 1 is 0.966 bits per heavy atom. The lowest BCUT2D eigenvalue weighted by atomic mass is 9.78. The van der Waals surface area contributed by atoms with Gasteiger partial charge in [-0.15, -0.1) is 0 Å². The second-order valence-corrected chi connectivity index (χ2v) is 8.52. The van der Waals surface area contributed by atoms with Gasteiger partial charge < -0.3 is 14.6 Å². The van der Waals surface area contributed by atoms with E-state index in [1.165, 1.54) is 23.3 Å². The number of benzene rings is 2. The lowest BCUT2D eigenvalue weighted by Crippen LogP contribution is -2.42. The molecule has 4 atom stereocenters. The first kappa shape index (κ1) is 20.2. The summed E-state index contributed by atoms with van der Waals surface area (Å²) in [6.45, 7) is 7.77. The van der Waals surface area contributed by atoms with Gasteiger partial charge in [0, 0.05) is 19.6 Å². The van der Waals surface area contributed by atoms with Crippen molar-refractivity contribution in [3.63, 3.8) is 0 Å². The van der Waals surface area contributed by atoms with Crippen molar-refractivity contribution in [1.82, 2.24) is 4.90 Å². The van der Waals surface area contributed by atoms with Gasteiger partial charge in [-0.3, -0.25) is 4.90 Å². The van der Waals surface area contributed by atoms with Gasteiger partial charge in [0.25, 0.3) is 0 Å². The number of halogens is 1. The number of ether oxygens (including phenoxy) is 2. The fourth-order valence-corrected chi connectivity index (χ4v) is 4.58. The highest BCUT2D eigenvalue weighted by Gasteiger charge is 2.42. The number of likely N-dealkylation sites (tertiary alicyclic amines) is 1. The van der Waals surface area contributed by atoms with Crippen molar-refractivity contribution in [3.8, 4) is 11.5 Å². The van der Waals surface area contributed by atoms with Crippen LogP contribution in [0.2, 0.25) is 0 Å². The smallest absolute Gasteiger partial charge is 0.125 e. The predicted molar refractivity (Wildman–Crippen MR) is 111 cm³/mol. The Labute approximate surface area is 172 Å². The minimum absolute atomic E-state index is 0.228. The van der Waals surface area contributed by atoms with Crippen LogP contribution < -0.4 is 9.47 Å². The first-order valence-corrected chi connectivity index (χ1v) is 10.5. The number of aliphatic hydroxyl groups excluding tert-OH is 1. The van der Waals surface area contributed by atoms with Crippen molar-refractivity contribution in [1.29, 1.82) is 0 Å². The van der Waals surface area contributed by atoms with Crippen molar-refractivity contribution in [2.24, 2.45) is 11.8 Å². The van der Waals surface area contributed by atoms with E-state index in [-0.39, 0.29) is 11.9 Å². The van der Waals surface area contributed by atoms with Gasteiger partial charge in [-0.25, -0.2) is 4.39 Å². The topological polar surface area (TPSA) is 41.9 Å². The minimum Gasteiger partial charge on any atom is -0.492 e. The quantitative estimate of drug-likeness (QED) is 0.798. The Morgan fingerprint density at radius 3 is 2.38 bits per heavy atom. The highest BCUT2D eigenvalue weighted by atomic mass is 19.1. The molecule has 2 aliphatic rings. The summed E-state index contributed by atoms with van der Waals surface area (Å²) >= 11 is 0. The molecule has 0 bridgehead atoms. The molecule has 1 heterocycles. The largest absolute Gasteiger partial charge is 0.492 e. The molecule has 156 valence electrons. The zero-order chi connectivity index (χ0) is 20.4. The molecule has 1 N–H and O–H groups in total. The Bertz CT molecular complexity index is 825. The van der Waals surface area contributed by atoms with Crippen LogP contribution in [-0.4, -0.2) is 48.5 Å². The molecule has 0 unspecified atom stereocenters. The number of aryl methyl sites for hydroxylation is 2. The van der Waals surface area contributed by atoms with E-state index in [0.717, 1.165) is 38.2 Å². The molecule has 0 aromatic heterocycles. The van der Waals surface area contributed by atoms with Gasteiger partial charge in [-0.05, 0) is 86.1 Å². The van der Waals surface area contributed by atoms with Gasteiger partial charge >= 0.3 is 0 Å². The van der Waals surface area contributed by atoms with Gasteiger partial charge in [-0.2, -0.15) is 0 Å². The number of hydrogen-bond donors (Lipinski definition) is 1. The molecule has 2 fully saturated rings. The predicted octanol–water partition coefficient (Wildman–Crippen LogP) is 3.97. The van der Waals surface area contributed by atoms with Crippen LogP contribution in [0.15, 0.2) is 42.5 Å². The lowest BCUT2D eigenvalue weighted by molar-refractivity contribution is -0.0231. The summed E-state index contributed by atoms with van der Waals surface area (Å²) in [4.78, 5) is 2.43. The fraction of sp³-hybridized carbons (Fsp3) is 0.500. The maximum atomic E-state index is 13.1. The van der Waals surface area contributed by atoms with Gasteiger partial charge in [0.15, 0.2) is 0 Å². The Balaban J connectivity index is 1.27. The van der Waals surface area contributed by atoms with Crippen molar-refractivity contribution < 1.29 is 19.0 Å². The highest BCUT2D eigenvalue weighted by molar-refractivity contribution is 5.33. The third kappa shape index (κ3) is 4.90. The second kappa shape index (κ2) is 8.72. The zero-order valence-corrected chi connectivity index (χ0v) is 17.2. The standard InChI is InChI=1S/C24H30FNO3/c1-16-3-6-22(11-17(16)2)28-10-9-26-14-18-12-23(27)24(13-19(18)15-26)29-21-7-4-20(25)5-8-21/h3-8,11,18-19,23-24,27H,9-10,12-15H2,1-2H3/t18-,19+,23+,24+/m0/s1. The molecule has 0 radical (unpaired) electrons. The van der Waals surface area contributed by atoms with E-state index in [2.05, 4.69) is 30.9 Å². The molecule has 1 aliphatic heterocycles. The van der Waals surface area contributed by atoms with Crippen molar-refractivity contribution in [2.45, 2.75) is 38.9 Å². The molecule has 2 aromatic rings. The molecule has 1 aliphatic carbocycles. The van der Waals surface area contributed by atoms with Crippen LogP contribution in [0.5, 0.6) is 11.5 Å². The van der Waals surface area contributed by atoms with E-state index in [4.69, 9.17) is 9.47 Å². The van der Waals surface area contributed by atoms with Crippen LogP contribution in [0.3, 0.4) is 0 Å². The zero-order valence-electron chi connectivity index (χ0n) is 17.2. The third-order valence-electron chi connectivity index (χ3n) is 6.42. The van der Waals surface area contributed by atoms with Crippen LogP contribution >= 0.6 is 0 Å². The molecule has 0 amide bonds. The maximum absolute atomic E-state index is 13.1. The SMILES string of the molecule is Cc1ccc(OCCN2C[C@H]3C[C@@H](Oc4ccc(F)cc4)[C@H](O)C[C@H]3C2)cc1C. The molecule has 2 aromatic carbocycles. The molecule has 1 saturated heterocycles. The summed E-state index contributed by atoms with van der Waals surface area (Å²) in [5, 5.41) is 10.5. The monoisotopic (exact) mass is 399 g/mol. The average molecular weight is 400 g/mol. The van der Waals surface area contributed by atoms with Crippen LogP contribution in [0.1, 0.15) is 24.0 Å². The second-order valence-electron chi connectivity index (χ2n) is 8.52. The molecule has 0 spiro atoms. The van der Waals surface area contributed by atoms with Crippen LogP contribution in [0, 0.1) is 31.5 Å². The van der Waals surface area contributed by atoms with Crippen molar-refractivity contribution in [2.75, 3.05) is 26.2 Å². The van der Waals surface area contributed by atoms with E-state index >= 15 is 0 Å².